The lowest BCUT2D eigenvalue weighted by molar-refractivity contribution is 0.256. The molecule has 2 heterocycles. The van der Waals surface area contributed by atoms with Gasteiger partial charge >= 0.3 is 0 Å². The number of rotatable bonds is 10. The first-order valence-corrected chi connectivity index (χ1v) is 11.2. The molecule has 1 aliphatic heterocycles. The van der Waals surface area contributed by atoms with E-state index in [1.807, 2.05) is 0 Å². The van der Waals surface area contributed by atoms with Gasteiger partial charge in [0.2, 0.25) is 0 Å². The molecule has 164 valence electrons. The molecule has 0 atom stereocenters. The number of nitrogens with zero attached hydrogens (tertiary/aromatic N) is 6. The summed E-state index contributed by atoms with van der Waals surface area (Å²) in [5.74, 6) is 1.91. The Morgan fingerprint density at radius 3 is 2.57 bits per heavy atom. The molecule has 8 nitrogen and oxygen atoms in total. The van der Waals surface area contributed by atoms with Crippen molar-refractivity contribution in [3.63, 3.8) is 0 Å². The maximum Gasteiger partial charge on any atom is 0.191 e. The molecule has 1 aliphatic rings. The van der Waals surface area contributed by atoms with Crippen LogP contribution in [0, 0.1) is 0 Å². The molecule has 0 saturated carbocycles. The van der Waals surface area contributed by atoms with Gasteiger partial charge in [0.1, 0.15) is 12.2 Å². The van der Waals surface area contributed by atoms with Crippen LogP contribution in [0.2, 0.25) is 0 Å². The van der Waals surface area contributed by atoms with Crippen molar-refractivity contribution in [1.82, 2.24) is 30.3 Å². The molecule has 0 bridgehead atoms. The van der Waals surface area contributed by atoms with Crippen molar-refractivity contribution >= 4 is 11.6 Å². The highest BCUT2D eigenvalue weighted by molar-refractivity contribution is 5.79. The second kappa shape index (κ2) is 12.2. The van der Waals surface area contributed by atoms with Crippen molar-refractivity contribution in [2.24, 2.45) is 4.99 Å². The van der Waals surface area contributed by atoms with E-state index in [2.05, 4.69) is 79.4 Å². The van der Waals surface area contributed by atoms with E-state index in [0.29, 0.717) is 0 Å². The molecule has 3 rings (SSSR count). The number of hydrogen-bond acceptors (Lipinski definition) is 5. The minimum atomic E-state index is 0.804. The number of aliphatic imine (C=N–C) groups is 1. The van der Waals surface area contributed by atoms with Crippen molar-refractivity contribution in [2.75, 3.05) is 57.3 Å². The summed E-state index contributed by atoms with van der Waals surface area (Å²) in [6.45, 7) is 13.1. The molecule has 30 heavy (non-hydrogen) atoms. The Morgan fingerprint density at radius 2 is 1.83 bits per heavy atom. The van der Waals surface area contributed by atoms with E-state index >= 15 is 0 Å². The smallest absolute Gasteiger partial charge is 0.191 e. The molecule has 0 amide bonds. The van der Waals surface area contributed by atoms with E-state index in [-0.39, 0.29) is 0 Å². The third-order valence-corrected chi connectivity index (χ3v) is 5.40. The van der Waals surface area contributed by atoms with Gasteiger partial charge in [-0.1, -0.05) is 25.1 Å². The summed E-state index contributed by atoms with van der Waals surface area (Å²) in [6.07, 6.45) is 3.77. The Labute approximate surface area is 180 Å². The van der Waals surface area contributed by atoms with Gasteiger partial charge in [-0.3, -0.25) is 9.89 Å². The fraction of sp³-hybridized carbons (Fsp3) is 0.591. The number of para-hydroxylation sites is 1. The van der Waals surface area contributed by atoms with Gasteiger partial charge in [0.05, 0.1) is 0 Å². The summed E-state index contributed by atoms with van der Waals surface area (Å²) in [5, 5.41) is 14.9. The lowest BCUT2D eigenvalue weighted by Crippen LogP contribution is -2.46. The fourth-order valence-electron chi connectivity index (χ4n) is 3.73. The van der Waals surface area contributed by atoms with Gasteiger partial charge < -0.3 is 20.1 Å². The minimum absolute atomic E-state index is 0.804. The number of aryl methyl sites for hydroxylation is 1. The molecule has 0 radical (unpaired) electrons. The minimum Gasteiger partial charge on any atom is -0.369 e. The van der Waals surface area contributed by atoms with Crippen molar-refractivity contribution in [3.05, 3.63) is 42.5 Å². The molecular weight excluding hydrogens is 376 g/mol. The van der Waals surface area contributed by atoms with E-state index in [1.54, 1.807) is 6.33 Å². The molecule has 1 aromatic carbocycles. The number of hydrogen-bond donors (Lipinski definition) is 2. The third-order valence-electron chi connectivity index (χ3n) is 5.40. The normalized spacial score (nSPS) is 15.4. The number of piperazine rings is 1. The van der Waals surface area contributed by atoms with Crippen LogP contribution in [-0.4, -0.2) is 78.0 Å². The van der Waals surface area contributed by atoms with Crippen molar-refractivity contribution in [2.45, 2.75) is 33.2 Å². The second-order valence-electron chi connectivity index (χ2n) is 7.50. The zero-order valence-electron chi connectivity index (χ0n) is 18.4. The molecular formula is C22H36N8. The summed E-state index contributed by atoms with van der Waals surface area (Å²) in [4.78, 5) is 9.76. The van der Waals surface area contributed by atoms with Crippen LogP contribution in [0.1, 0.15) is 26.1 Å². The van der Waals surface area contributed by atoms with E-state index in [4.69, 9.17) is 4.99 Å². The highest BCUT2D eigenvalue weighted by atomic mass is 15.3. The molecule has 0 unspecified atom stereocenters. The molecule has 0 aliphatic carbocycles. The SMILES string of the molecule is CCNC(=NCCCN1CCN(c2ccccc2)CC1)NCCn1cnnc1CC. The monoisotopic (exact) mass is 412 g/mol. The molecule has 2 aromatic rings. The lowest BCUT2D eigenvalue weighted by Gasteiger charge is -2.36. The van der Waals surface area contributed by atoms with Crippen molar-refractivity contribution in [3.8, 4) is 0 Å². The summed E-state index contributed by atoms with van der Waals surface area (Å²) >= 11 is 0. The number of nitrogens with one attached hydrogen (secondary N) is 2. The molecule has 1 aromatic heterocycles. The topological polar surface area (TPSA) is 73.6 Å². The van der Waals surface area contributed by atoms with Crippen molar-refractivity contribution < 1.29 is 0 Å². The van der Waals surface area contributed by atoms with Crippen LogP contribution in [0.4, 0.5) is 5.69 Å². The average molecular weight is 413 g/mol. The van der Waals surface area contributed by atoms with E-state index in [0.717, 1.165) is 83.5 Å². The lowest BCUT2D eigenvalue weighted by atomic mass is 10.2. The van der Waals surface area contributed by atoms with E-state index in [1.165, 1.54) is 5.69 Å². The van der Waals surface area contributed by atoms with Gasteiger partial charge in [0.15, 0.2) is 5.96 Å². The number of aromatic nitrogens is 3. The fourth-order valence-corrected chi connectivity index (χ4v) is 3.73. The molecule has 0 spiro atoms. The van der Waals surface area contributed by atoms with Crippen LogP contribution >= 0.6 is 0 Å². The third kappa shape index (κ3) is 6.73. The zero-order valence-corrected chi connectivity index (χ0v) is 18.4. The predicted octanol–water partition coefficient (Wildman–Crippen LogP) is 1.61. The van der Waals surface area contributed by atoms with Gasteiger partial charge in [0.25, 0.3) is 0 Å². The van der Waals surface area contributed by atoms with Crippen LogP contribution in [0.25, 0.3) is 0 Å². The summed E-state index contributed by atoms with van der Waals surface area (Å²) in [5.41, 5.74) is 1.33. The summed E-state index contributed by atoms with van der Waals surface area (Å²) < 4.78 is 2.09. The zero-order chi connectivity index (χ0) is 21.0. The number of guanidine groups is 1. The first kappa shape index (κ1) is 22.1. The molecule has 8 heteroatoms. The highest BCUT2D eigenvalue weighted by Gasteiger charge is 2.16. The standard InChI is InChI=1S/C22H36N8/c1-3-21-27-26-19-30(21)14-12-25-22(23-4-2)24-11-8-13-28-15-17-29(18-16-28)20-9-6-5-7-10-20/h5-7,9-10,19H,3-4,8,11-18H2,1-2H3,(H2,23,24,25). The van der Waals surface area contributed by atoms with Crippen molar-refractivity contribution in [1.29, 1.82) is 0 Å². The maximum absolute atomic E-state index is 4.74. The van der Waals surface area contributed by atoms with Gasteiger partial charge in [-0.2, -0.15) is 0 Å². The van der Waals surface area contributed by atoms with Crippen LogP contribution < -0.4 is 15.5 Å². The van der Waals surface area contributed by atoms with Gasteiger partial charge in [-0.25, -0.2) is 0 Å². The second-order valence-corrected chi connectivity index (χ2v) is 7.50. The molecule has 1 saturated heterocycles. The maximum atomic E-state index is 4.74. The largest absolute Gasteiger partial charge is 0.369 e. The Bertz CT molecular complexity index is 750. The highest BCUT2D eigenvalue weighted by Crippen LogP contribution is 2.15. The Hall–Kier alpha value is -2.61. The Balaban J connectivity index is 1.34. The summed E-state index contributed by atoms with van der Waals surface area (Å²) in [6, 6.07) is 10.7. The molecule has 2 N–H and O–H groups in total. The average Bonchev–Trinajstić information content (AvgIpc) is 3.25. The first-order chi connectivity index (χ1) is 14.8. The van der Waals surface area contributed by atoms with Crippen LogP contribution in [0.15, 0.2) is 41.7 Å². The first-order valence-electron chi connectivity index (χ1n) is 11.2. The van der Waals surface area contributed by atoms with Crippen LogP contribution in [-0.2, 0) is 13.0 Å². The summed E-state index contributed by atoms with van der Waals surface area (Å²) in [7, 11) is 0. The Morgan fingerprint density at radius 1 is 1.03 bits per heavy atom. The number of benzene rings is 1. The van der Waals surface area contributed by atoms with Crippen LogP contribution in [0.3, 0.4) is 0 Å². The van der Waals surface area contributed by atoms with E-state index in [9.17, 15) is 0 Å². The van der Waals surface area contributed by atoms with Gasteiger partial charge in [-0.05, 0) is 25.5 Å². The van der Waals surface area contributed by atoms with Gasteiger partial charge in [0, 0.05) is 71.0 Å². The van der Waals surface area contributed by atoms with E-state index < -0.39 is 0 Å². The predicted molar refractivity (Wildman–Crippen MR) is 123 cm³/mol. The van der Waals surface area contributed by atoms with Gasteiger partial charge in [-0.15, -0.1) is 10.2 Å². The quantitative estimate of drug-likeness (QED) is 0.351. The van der Waals surface area contributed by atoms with Crippen LogP contribution in [0.5, 0.6) is 0 Å². The number of anilines is 1. The Kier molecular flexibility index (Phi) is 8.96. The molecule has 1 fully saturated rings.